The highest BCUT2D eigenvalue weighted by molar-refractivity contribution is 5.89. The molecule has 3 rings (SSSR count). The fourth-order valence-corrected chi connectivity index (χ4v) is 2.10. The predicted molar refractivity (Wildman–Crippen MR) is 83.9 cm³/mol. The van der Waals surface area contributed by atoms with Gasteiger partial charge in [-0.25, -0.2) is 4.39 Å². The number of carbonyl (C=O) groups is 1. The predicted octanol–water partition coefficient (Wildman–Crippen LogP) is 2.81. The first-order chi connectivity index (χ1) is 11.7. The van der Waals surface area contributed by atoms with Crippen molar-refractivity contribution in [3.05, 3.63) is 65.8 Å². The van der Waals surface area contributed by atoms with Crippen molar-refractivity contribution in [3.8, 4) is 17.1 Å². The van der Waals surface area contributed by atoms with Crippen LogP contribution in [-0.2, 0) is 6.54 Å². The van der Waals surface area contributed by atoms with E-state index in [1.165, 1.54) is 12.1 Å². The number of amides is 1. The minimum absolute atomic E-state index is 0.160. The van der Waals surface area contributed by atoms with Crippen molar-refractivity contribution in [2.75, 3.05) is 7.11 Å². The van der Waals surface area contributed by atoms with Crippen LogP contribution in [0.1, 0.15) is 16.2 Å². The summed E-state index contributed by atoms with van der Waals surface area (Å²) < 4.78 is 23.2. The van der Waals surface area contributed by atoms with Crippen LogP contribution in [0.25, 0.3) is 11.4 Å². The first-order valence-electron chi connectivity index (χ1n) is 7.16. The Morgan fingerprint density at radius 3 is 2.88 bits per heavy atom. The average Bonchev–Trinajstić information content (AvgIpc) is 3.10. The van der Waals surface area contributed by atoms with E-state index >= 15 is 0 Å². The Morgan fingerprint density at radius 2 is 2.08 bits per heavy atom. The lowest BCUT2D eigenvalue weighted by molar-refractivity contribution is 0.0907. The van der Waals surface area contributed by atoms with Crippen LogP contribution in [0.3, 0.4) is 0 Å². The van der Waals surface area contributed by atoms with Crippen LogP contribution in [0.4, 0.5) is 4.39 Å². The average molecular weight is 327 g/mol. The van der Waals surface area contributed by atoms with Gasteiger partial charge in [-0.15, -0.1) is 0 Å². The molecule has 1 aromatic heterocycles. The molecule has 0 bridgehead atoms. The Kier molecular flexibility index (Phi) is 4.51. The summed E-state index contributed by atoms with van der Waals surface area (Å²) >= 11 is 0. The summed E-state index contributed by atoms with van der Waals surface area (Å²) in [6.45, 7) is 0.160. The van der Waals surface area contributed by atoms with E-state index in [2.05, 4.69) is 15.5 Å². The Hall–Kier alpha value is -3.22. The second kappa shape index (κ2) is 6.91. The van der Waals surface area contributed by atoms with Gasteiger partial charge in [0, 0.05) is 12.1 Å². The van der Waals surface area contributed by atoms with E-state index in [1.807, 2.05) is 0 Å². The van der Waals surface area contributed by atoms with E-state index in [-0.39, 0.29) is 24.1 Å². The van der Waals surface area contributed by atoms with Crippen LogP contribution in [0.5, 0.6) is 5.75 Å². The highest BCUT2D eigenvalue weighted by Crippen LogP contribution is 2.21. The maximum absolute atomic E-state index is 13.1. The van der Waals surface area contributed by atoms with Gasteiger partial charge in [0.15, 0.2) is 0 Å². The van der Waals surface area contributed by atoms with Gasteiger partial charge in [0.25, 0.3) is 0 Å². The molecule has 0 aliphatic carbocycles. The molecule has 0 spiro atoms. The minimum Gasteiger partial charge on any atom is -0.497 e. The van der Waals surface area contributed by atoms with Crippen LogP contribution in [0.2, 0.25) is 0 Å². The third-order valence-corrected chi connectivity index (χ3v) is 3.29. The first-order valence-corrected chi connectivity index (χ1v) is 7.16. The lowest BCUT2D eigenvalue weighted by Crippen LogP contribution is -2.23. The smallest absolute Gasteiger partial charge is 0.316 e. The van der Waals surface area contributed by atoms with Crippen molar-refractivity contribution in [3.63, 3.8) is 0 Å². The van der Waals surface area contributed by atoms with Crippen LogP contribution >= 0.6 is 0 Å². The molecule has 122 valence electrons. The molecular formula is C17H14FN3O3. The highest BCUT2D eigenvalue weighted by atomic mass is 19.1. The number of methoxy groups -OCH3 is 1. The van der Waals surface area contributed by atoms with Crippen molar-refractivity contribution in [2.45, 2.75) is 6.54 Å². The molecule has 24 heavy (non-hydrogen) atoms. The first kappa shape index (κ1) is 15.7. The standard InChI is InChI=1S/C17H14FN3O3/c1-23-14-7-3-5-12(9-14)15-20-17(24-21-15)16(22)19-10-11-4-2-6-13(18)8-11/h2-9H,10H2,1H3,(H,19,22). The number of halogens is 1. The summed E-state index contributed by atoms with van der Waals surface area (Å²) in [6.07, 6.45) is 0. The Balaban J connectivity index is 1.69. The quantitative estimate of drug-likeness (QED) is 0.780. The molecule has 7 heteroatoms. The number of benzene rings is 2. The van der Waals surface area contributed by atoms with Gasteiger partial charge in [-0.3, -0.25) is 4.79 Å². The maximum Gasteiger partial charge on any atom is 0.316 e. The van der Waals surface area contributed by atoms with Crippen molar-refractivity contribution >= 4 is 5.91 Å². The maximum atomic E-state index is 13.1. The largest absolute Gasteiger partial charge is 0.497 e. The van der Waals surface area contributed by atoms with Crippen molar-refractivity contribution < 1.29 is 18.4 Å². The molecule has 6 nitrogen and oxygen atoms in total. The molecule has 0 unspecified atom stereocenters. The molecule has 0 saturated carbocycles. The summed E-state index contributed by atoms with van der Waals surface area (Å²) in [6, 6.07) is 13.0. The van der Waals surface area contributed by atoms with E-state index in [0.717, 1.165) is 0 Å². The number of hydrogen-bond donors (Lipinski definition) is 1. The molecule has 1 amide bonds. The van der Waals surface area contributed by atoms with Gasteiger partial charge in [-0.05, 0) is 29.8 Å². The van der Waals surface area contributed by atoms with Crippen LogP contribution in [-0.4, -0.2) is 23.2 Å². The Bertz CT molecular complexity index is 864. The van der Waals surface area contributed by atoms with Crippen molar-refractivity contribution in [1.82, 2.24) is 15.5 Å². The third-order valence-electron chi connectivity index (χ3n) is 3.29. The number of hydrogen-bond acceptors (Lipinski definition) is 5. The van der Waals surface area contributed by atoms with Crippen molar-refractivity contribution in [1.29, 1.82) is 0 Å². The molecule has 1 N–H and O–H groups in total. The van der Waals surface area contributed by atoms with E-state index in [4.69, 9.17) is 9.26 Å². The molecule has 0 aliphatic rings. The fraction of sp³-hybridized carbons (Fsp3) is 0.118. The second-order valence-corrected chi connectivity index (χ2v) is 4.97. The number of nitrogens with zero attached hydrogens (tertiary/aromatic N) is 2. The summed E-state index contributed by atoms with van der Waals surface area (Å²) in [4.78, 5) is 16.1. The van der Waals surface area contributed by atoms with E-state index < -0.39 is 5.91 Å². The molecule has 1 heterocycles. The number of nitrogens with one attached hydrogen (secondary N) is 1. The number of aromatic nitrogens is 2. The molecule has 0 atom stereocenters. The molecular weight excluding hydrogens is 313 g/mol. The summed E-state index contributed by atoms with van der Waals surface area (Å²) in [5, 5.41) is 6.39. The van der Waals surface area contributed by atoms with Crippen LogP contribution in [0.15, 0.2) is 53.1 Å². The van der Waals surface area contributed by atoms with Crippen LogP contribution < -0.4 is 10.1 Å². The molecule has 0 radical (unpaired) electrons. The second-order valence-electron chi connectivity index (χ2n) is 4.97. The molecule has 0 aliphatic heterocycles. The zero-order valence-electron chi connectivity index (χ0n) is 12.8. The number of carbonyl (C=O) groups excluding carboxylic acids is 1. The number of rotatable bonds is 5. The van der Waals surface area contributed by atoms with Gasteiger partial charge in [-0.2, -0.15) is 4.98 Å². The normalized spacial score (nSPS) is 10.4. The van der Waals surface area contributed by atoms with Gasteiger partial charge in [0.2, 0.25) is 5.82 Å². The molecule has 2 aromatic carbocycles. The fourth-order valence-electron chi connectivity index (χ4n) is 2.10. The zero-order chi connectivity index (χ0) is 16.9. The van der Waals surface area contributed by atoms with E-state index in [9.17, 15) is 9.18 Å². The van der Waals surface area contributed by atoms with Gasteiger partial charge in [0.05, 0.1) is 7.11 Å². The van der Waals surface area contributed by atoms with Gasteiger partial charge >= 0.3 is 11.8 Å². The Labute approximate surface area is 137 Å². The zero-order valence-corrected chi connectivity index (χ0v) is 12.8. The molecule has 3 aromatic rings. The van der Waals surface area contributed by atoms with E-state index in [0.29, 0.717) is 16.9 Å². The Morgan fingerprint density at radius 1 is 1.25 bits per heavy atom. The summed E-state index contributed by atoms with van der Waals surface area (Å²) in [5.41, 5.74) is 1.30. The highest BCUT2D eigenvalue weighted by Gasteiger charge is 2.16. The third kappa shape index (κ3) is 3.57. The molecule has 0 fully saturated rings. The SMILES string of the molecule is COc1cccc(-c2noc(C(=O)NCc3cccc(F)c3)n2)c1. The summed E-state index contributed by atoms with van der Waals surface area (Å²) in [7, 11) is 1.56. The van der Waals surface area contributed by atoms with Gasteiger partial charge in [0.1, 0.15) is 11.6 Å². The monoisotopic (exact) mass is 327 g/mol. The van der Waals surface area contributed by atoms with Crippen LogP contribution in [0, 0.1) is 5.82 Å². The summed E-state index contributed by atoms with van der Waals surface area (Å²) in [5.74, 6) is -0.121. The topological polar surface area (TPSA) is 77.2 Å². The van der Waals surface area contributed by atoms with Gasteiger partial charge < -0.3 is 14.6 Å². The number of ether oxygens (including phenoxy) is 1. The van der Waals surface area contributed by atoms with Gasteiger partial charge in [-0.1, -0.05) is 29.4 Å². The lowest BCUT2D eigenvalue weighted by Gasteiger charge is -2.02. The van der Waals surface area contributed by atoms with Crippen molar-refractivity contribution in [2.24, 2.45) is 0 Å². The van der Waals surface area contributed by atoms with E-state index in [1.54, 1.807) is 43.5 Å². The molecule has 0 saturated heterocycles. The minimum atomic E-state index is -0.527. The lowest BCUT2D eigenvalue weighted by atomic mass is 10.2.